The Morgan fingerprint density at radius 1 is 0.825 bits per heavy atom. The molecule has 5 rings (SSSR count). The highest BCUT2D eigenvalue weighted by molar-refractivity contribution is 7.54. The summed E-state index contributed by atoms with van der Waals surface area (Å²) in [5.41, 5.74) is 3.45. The number of phosphoric acid groups is 1. The Bertz CT molecular complexity index is 1550. The molecule has 1 aliphatic heterocycles. The number of benzene rings is 4. The molecule has 1 aliphatic rings. The summed E-state index contributed by atoms with van der Waals surface area (Å²) in [4.78, 5) is 24.7. The SMILES string of the molecule is C=C(C)C(=O)OCCCCCCCCc1ccc2c3c(ccc2c1)O[P+]([O-])(OC)Oc1ccc2ccccc2c1-3. The van der Waals surface area contributed by atoms with E-state index < -0.39 is 8.17 Å². The van der Waals surface area contributed by atoms with E-state index in [0.717, 1.165) is 77.6 Å². The van der Waals surface area contributed by atoms with Crippen LogP contribution in [-0.2, 0) is 20.5 Å². The van der Waals surface area contributed by atoms with Crippen molar-refractivity contribution >= 4 is 35.7 Å². The molecule has 0 saturated carbocycles. The number of carbonyl (C=O) groups excluding carboxylic acids is 1. The Kier molecular flexibility index (Phi) is 8.70. The number of esters is 1. The molecule has 0 aliphatic carbocycles. The van der Waals surface area contributed by atoms with E-state index in [9.17, 15) is 9.69 Å². The Balaban J connectivity index is 1.30. The summed E-state index contributed by atoms with van der Waals surface area (Å²) < 4.78 is 22.1. The van der Waals surface area contributed by atoms with Crippen LogP contribution in [0.4, 0.5) is 0 Å². The van der Waals surface area contributed by atoms with E-state index in [-0.39, 0.29) is 5.97 Å². The fraction of sp³-hybridized carbons (Fsp3) is 0.303. The highest BCUT2D eigenvalue weighted by Crippen LogP contribution is 2.60. The van der Waals surface area contributed by atoms with Crippen molar-refractivity contribution in [1.82, 2.24) is 0 Å². The van der Waals surface area contributed by atoms with E-state index in [1.807, 2.05) is 42.5 Å². The third-order valence-electron chi connectivity index (χ3n) is 7.27. The number of fused-ring (bicyclic) bond motifs is 7. The maximum atomic E-state index is 13.3. The smallest absolute Gasteiger partial charge is 0.472 e. The molecule has 40 heavy (non-hydrogen) atoms. The molecule has 6 nitrogen and oxygen atoms in total. The van der Waals surface area contributed by atoms with Crippen molar-refractivity contribution in [2.24, 2.45) is 0 Å². The first-order valence-electron chi connectivity index (χ1n) is 13.8. The number of hydrogen-bond acceptors (Lipinski definition) is 6. The fourth-order valence-electron chi connectivity index (χ4n) is 5.19. The Morgan fingerprint density at radius 3 is 2.15 bits per heavy atom. The monoisotopic (exact) mass is 558 g/mol. The van der Waals surface area contributed by atoms with Crippen LogP contribution < -0.4 is 13.9 Å². The fourth-order valence-corrected chi connectivity index (χ4v) is 6.17. The minimum atomic E-state index is -3.83. The molecule has 1 unspecified atom stereocenters. The van der Waals surface area contributed by atoms with E-state index in [4.69, 9.17) is 18.3 Å². The average molecular weight is 559 g/mol. The summed E-state index contributed by atoms with van der Waals surface area (Å²) >= 11 is 0. The van der Waals surface area contributed by atoms with Crippen LogP contribution in [0, 0.1) is 0 Å². The molecule has 0 radical (unpaired) electrons. The standard InChI is InChI=1S/C33H35O6P/c1-23(2)33(34)37-21-11-7-5-4-6-8-12-24-15-18-28-26(22-24)17-20-30-32(28)31-27-14-10-9-13-25(27)16-19-29(31)38-40(35,36-3)39-30/h9-10,13-20,22H,1,4-8,11-12,21H2,2-3H3. The third-order valence-corrected chi connectivity index (χ3v) is 8.56. The molecular formula is C33H35O6P. The van der Waals surface area contributed by atoms with Crippen molar-refractivity contribution in [3.8, 4) is 22.6 Å². The Labute approximate surface area is 236 Å². The number of carbonyl (C=O) groups is 1. The van der Waals surface area contributed by atoms with Crippen LogP contribution in [0.15, 0.2) is 78.9 Å². The zero-order chi connectivity index (χ0) is 28.1. The van der Waals surface area contributed by atoms with Gasteiger partial charge in [-0.15, -0.1) is 0 Å². The summed E-state index contributed by atoms with van der Waals surface area (Å²) in [6.07, 6.45) is 7.52. The molecule has 0 aromatic heterocycles. The van der Waals surface area contributed by atoms with Crippen molar-refractivity contribution in [3.05, 3.63) is 84.4 Å². The van der Waals surface area contributed by atoms with E-state index in [2.05, 4.69) is 30.8 Å². The van der Waals surface area contributed by atoms with E-state index in [1.165, 1.54) is 12.7 Å². The Hall–Kier alpha value is -3.44. The first-order chi connectivity index (χ1) is 19.4. The highest BCUT2D eigenvalue weighted by Gasteiger charge is 2.40. The predicted molar refractivity (Wildman–Crippen MR) is 159 cm³/mol. The van der Waals surface area contributed by atoms with E-state index in [0.29, 0.717) is 23.7 Å². The van der Waals surface area contributed by atoms with Crippen LogP contribution >= 0.6 is 8.17 Å². The van der Waals surface area contributed by atoms with Crippen molar-refractivity contribution in [3.63, 3.8) is 0 Å². The lowest BCUT2D eigenvalue weighted by Gasteiger charge is -2.22. The summed E-state index contributed by atoms with van der Waals surface area (Å²) in [6, 6.07) is 22.3. The maximum Gasteiger partial charge on any atom is 0.472 e. The predicted octanol–water partition coefficient (Wildman–Crippen LogP) is 8.12. The molecule has 0 spiro atoms. The molecule has 0 fully saturated rings. The number of hydrogen-bond donors (Lipinski definition) is 0. The normalized spacial score (nSPS) is 16.0. The zero-order valence-corrected chi connectivity index (χ0v) is 24.0. The number of phosphoric ester groups is 1. The summed E-state index contributed by atoms with van der Waals surface area (Å²) in [5, 5.41) is 4.17. The third kappa shape index (κ3) is 6.15. The quantitative estimate of drug-likeness (QED) is 0.0801. The first-order valence-corrected chi connectivity index (χ1v) is 15.3. The summed E-state index contributed by atoms with van der Waals surface area (Å²) in [6.45, 7) is 5.73. The topological polar surface area (TPSA) is 77.1 Å². The van der Waals surface area contributed by atoms with Crippen molar-refractivity contribution in [1.29, 1.82) is 0 Å². The molecule has 0 bridgehead atoms. The summed E-state index contributed by atoms with van der Waals surface area (Å²) in [7, 11) is -2.50. The van der Waals surface area contributed by atoms with Gasteiger partial charge in [-0.05, 0) is 65.4 Å². The molecule has 0 amide bonds. The lowest BCUT2D eigenvalue weighted by molar-refractivity contribution is -0.227. The van der Waals surface area contributed by atoms with E-state index in [1.54, 1.807) is 6.92 Å². The van der Waals surface area contributed by atoms with Gasteiger partial charge in [0.1, 0.15) is 0 Å². The largest absolute Gasteiger partial charge is 0.591 e. The first kappa shape index (κ1) is 28.1. The minimum absolute atomic E-state index is 0.306. The molecule has 0 N–H and O–H groups in total. The molecule has 0 saturated heterocycles. The average Bonchev–Trinajstić information content (AvgIpc) is 3.10. The second-order valence-corrected chi connectivity index (χ2v) is 11.9. The van der Waals surface area contributed by atoms with Gasteiger partial charge in [0.05, 0.1) is 13.7 Å². The minimum Gasteiger partial charge on any atom is -0.591 e. The van der Waals surface area contributed by atoms with Gasteiger partial charge in [0.2, 0.25) is 0 Å². The van der Waals surface area contributed by atoms with Crippen molar-refractivity contribution < 1.29 is 28.0 Å². The molecule has 208 valence electrons. The number of rotatable bonds is 11. The van der Waals surface area contributed by atoms with Gasteiger partial charge in [-0.2, -0.15) is 4.52 Å². The van der Waals surface area contributed by atoms with E-state index >= 15 is 0 Å². The van der Waals surface area contributed by atoms with Gasteiger partial charge < -0.3 is 9.63 Å². The van der Waals surface area contributed by atoms with Gasteiger partial charge in [-0.1, -0.05) is 86.9 Å². The molecule has 4 aromatic carbocycles. The van der Waals surface area contributed by atoms with Gasteiger partial charge in [0.25, 0.3) is 0 Å². The maximum absolute atomic E-state index is 13.3. The lowest BCUT2D eigenvalue weighted by Crippen LogP contribution is -2.21. The molecule has 4 aromatic rings. The molecule has 1 heterocycles. The lowest BCUT2D eigenvalue weighted by atomic mass is 9.91. The van der Waals surface area contributed by atoms with Crippen LogP contribution in [0.3, 0.4) is 0 Å². The molecular weight excluding hydrogens is 523 g/mol. The van der Waals surface area contributed by atoms with Gasteiger partial charge in [-0.3, -0.25) is 9.05 Å². The second-order valence-electron chi connectivity index (χ2n) is 10.3. The van der Waals surface area contributed by atoms with Gasteiger partial charge in [0, 0.05) is 16.7 Å². The molecule has 1 atom stereocenters. The number of unbranched alkanes of at least 4 members (excludes halogenated alkanes) is 5. The highest BCUT2D eigenvalue weighted by atomic mass is 31.2. The molecule has 7 heteroatoms. The van der Waals surface area contributed by atoms with Crippen LogP contribution in [-0.4, -0.2) is 19.7 Å². The van der Waals surface area contributed by atoms with Crippen LogP contribution in [0.25, 0.3) is 32.7 Å². The Morgan fingerprint density at radius 2 is 1.45 bits per heavy atom. The van der Waals surface area contributed by atoms with Crippen LogP contribution in [0.2, 0.25) is 0 Å². The zero-order valence-electron chi connectivity index (χ0n) is 23.1. The van der Waals surface area contributed by atoms with Crippen LogP contribution in [0.1, 0.15) is 51.0 Å². The van der Waals surface area contributed by atoms with Crippen LogP contribution in [0.5, 0.6) is 11.5 Å². The number of ether oxygens (including phenoxy) is 1. The second kappa shape index (κ2) is 12.4. The van der Waals surface area contributed by atoms with Gasteiger partial charge in [0.15, 0.2) is 11.5 Å². The van der Waals surface area contributed by atoms with Crippen molar-refractivity contribution in [2.45, 2.75) is 51.9 Å². The van der Waals surface area contributed by atoms with Gasteiger partial charge in [-0.25, -0.2) is 4.79 Å². The summed E-state index contributed by atoms with van der Waals surface area (Å²) in [5.74, 6) is 0.656. The van der Waals surface area contributed by atoms with Gasteiger partial charge >= 0.3 is 14.1 Å². The number of aryl methyl sites for hydroxylation is 1. The van der Waals surface area contributed by atoms with Crippen molar-refractivity contribution in [2.75, 3.05) is 13.7 Å².